The molecule has 0 amide bonds. The molecule has 1 aromatic carbocycles. The molecule has 0 saturated heterocycles. The zero-order chi connectivity index (χ0) is 13.1. The highest BCUT2D eigenvalue weighted by Gasteiger charge is 2.15. The van der Waals surface area contributed by atoms with Crippen LogP contribution in [-0.4, -0.2) is 7.05 Å². The molecule has 1 atom stereocenters. The average molecular weight is 259 g/mol. The second-order valence-corrected chi connectivity index (χ2v) is 6.16. The van der Waals surface area contributed by atoms with Crippen LogP contribution in [0, 0.1) is 20.8 Å². The van der Waals surface area contributed by atoms with Crippen LogP contribution in [0.15, 0.2) is 30.3 Å². The Morgan fingerprint density at radius 1 is 1.11 bits per heavy atom. The van der Waals surface area contributed by atoms with E-state index < -0.39 is 0 Å². The van der Waals surface area contributed by atoms with Crippen LogP contribution in [0.5, 0.6) is 0 Å². The molecular weight excluding hydrogens is 238 g/mol. The monoisotopic (exact) mass is 259 g/mol. The van der Waals surface area contributed by atoms with Gasteiger partial charge in [0.05, 0.1) is 0 Å². The van der Waals surface area contributed by atoms with E-state index in [1.807, 2.05) is 11.3 Å². The van der Waals surface area contributed by atoms with E-state index in [0.717, 1.165) is 6.42 Å². The first-order chi connectivity index (χ1) is 8.61. The van der Waals surface area contributed by atoms with E-state index in [0.29, 0.717) is 6.04 Å². The minimum Gasteiger partial charge on any atom is -0.312 e. The topological polar surface area (TPSA) is 12.0 Å². The van der Waals surface area contributed by atoms with Crippen molar-refractivity contribution in [3.63, 3.8) is 0 Å². The maximum absolute atomic E-state index is 3.46. The van der Waals surface area contributed by atoms with Gasteiger partial charge in [-0.2, -0.15) is 0 Å². The minimum absolute atomic E-state index is 0.421. The molecule has 18 heavy (non-hydrogen) atoms. The second kappa shape index (κ2) is 5.68. The van der Waals surface area contributed by atoms with Crippen molar-refractivity contribution in [2.24, 2.45) is 0 Å². The molecule has 2 rings (SSSR count). The largest absolute Gasteiger partial charge is 0.312 e. The van der Waals surface area contributed by atoms with Gasteiger partial charge in [0.25, 0.3) is 0 Å². The van der Waals surface area contributed by atoms with Crippen LogP contribution in [0.1, 0.15) is 32.5 Å². The molecule has 2 heteroatoms. The van der Waals surface area contributed by atoms with Crippen molar-refractivity contribution >= 4 is 11.3 Å². The van der Waals surface area contributed by atoms with Crippen molar-refractivity contribution in [2.75, 3.05) is 7.05 Å². The lowest BCUT2D eigenvalue weighted by Crippen LogP contribution is -2.18. The van der Waals surface area contributed by atoms with Crippen molar-refractivity contribution < 1.29 is 0 Å². The molecule has 0 spiro atoms. The summed E-state index contributed by atoms with van der Waals surface area (Å²) in [4.78, 5) is 2.87. The van der Waals surface area contributed by atoms with Gasteiger partial charge in [-0.1, -0.05) is 24.3 Å². The molecule has 2 aromatic rings. The summed E-state index contributed by atoms with van der Waals surface area (Å²) in [6.45, 7) is 6.58. The Labute approximate surface area is 114 Å². The van der Waals surface area contributed by atoms with Gasteiger partial charge in [-0.25, -0.2) is 0 Å². The summed E-state index contributed by atoms with van der Waals surface area (Å²) in [5.74, 6) is 0. The van der Waals surface area contributed by atoms with E-state index in [9.17, 15) is 0 Å². The first kappa shape index (κ1) is 13.3. The first-order valence-corrected chi connectivity index (χ1v) is 7.22. The van der Waals surface area contributed by atoms with E-state index in [1.54, 1.807) is 0 Å². The quantitative estimate of drug-likeness (QED) is 0.868. The fraction of sp³-hybridized carbons (Fsp3) is 0.375. The molecule has 0 saturated carbocycles. The highest BCUT2D eigenvalue weighted by molar-refractivity contribution is 7.12. The third-order valence-electron chi connectivity index (χ3n) is 3.43. The standard InChI is InChI=1S/C16H21NS/c1-11-7-5-6-8-14(11)10-15(17-4)16-12(2)9-13(3)18-16/h5-9,15,17H,10H2,1-4H3. The Hall–Kier alpha value is -1.12. The Morgan fingerprint density at radius 2 is 1.83 bits per heavy atom. The van der Waals surface area contributed by atoms with Crippen LogP contribution in [0.4, 0.5) is 0 Å². The molecule has 1 unspecified atom stereocenters. The predicted molar refractivity (Wildman–Crippen MR) is 80.5 cm³/mol. The van der Waals surface area contributed by atoms with Gasteiger partial charge in [0, 0.05) is 15.8 Å². The van der Waals surface area contributed by atoms with Crippen LogP contribution in [0.25, 0.3) is 0 Å². The zero-order valence-electron chi connectivity index (χ0n) is 11.6. The maximum atomic E-state index is 3.46. The molecule has 0 aliphatic carbocycles. The number of rotatable bonds is 4. The number of likely N-dealkylation sites (N-methyl/N-ethyl adjacent to an activating group) is 1. The van der Waals surface area contributed by atoms with Crippen molar-refractivity contribution in [1.29, 1.82) is 0 Å². The number of benzene rings is 1. The Bertz CT molecular complexity index is 528. The van der Waals surface area contributed by atoms with Crippen LogP contribution in [0.2, 0.25) is 0 Å². The second-order valence-electron chi connectivity index (χ2n) is 4.88. The van der Waals surface area contributed by atoms with E-state index in [1.165, 1.54) is 26.4 Å². The molecular formula is C16H21NS. The SMILES string of the molecule is CNC(Cc1ccccc1C)c1sc(C)cc1C. The summed E-state index contributed by atoms with van der Waals surface area (Å²) >= 11 is 1.91. The van der Waals surface area contributed by atoms with E-state index in [4.69, 9.17) is 0 Å². The molecule has 0 bridgehead atoms. The minimum atomic E-state index is 0.421. The number of thiophene rings is 1. The van der Waals surface area contributed by atoms with Gasteiger partial charge in [-0.3, -0.25) is 0 Å². The summed E-state index contributed by atoms with van der Waals surface area (Å²) in [5.41, 5.74) is 4.22. The van der Waals surface area contributed by atoms with Gasteiger partial charge >= 0.3 is 0 Å². The van der Waals surface area contributed by atoms with Crippen LogP contribution in [0.3, 0.4) is 0 Å². The third kappa shape index (κ3) is 2.82. The lowest BCUT2D eigenvalue weighted by atomic mass is 9.99. The summed E-state index contributed by atoms with van der Waals surface area (Å²) in [5, 5.41) is 3.46. The van der Waals surface area contributed by atoms with Crippen molar-refractivity contribution in [2.45, 2.75) is 33.2 Å². The molecule has 0 aliphatic rings. The Balaban J connectivity index is 2.25. The van der Waals surface area contributed by atoms with Gasteiger partial charge in [-0.05, 0) is 57.0 Å². The number of nitrogens with one attached hydrogen (secondary N) is 1. The summed E-state index contributed by atoms with van der Waals surface area (Å²) in [6.07, 6.45) is 1.06. The smallest absolute Gasteiger partial charge is 0.0456 e. The number of hydrogen-bond donors (Lipinski definition) is 1. The van der Waals surface area contributed by atoms with Gasteiger partial charge in [0.15, 0.2) is 0 Å². The summed E-state index contributed by atoms with van der Waals surface area (Å²) < 4.78 is 0. The van der Waals surface area contributed by atoms with Crippen LogP contribution >= 0.6 is 11.3 Å². The normalized spacial score (nSPS) is 12.7. The molecule has 1 heterocycles. The first-order valence-electron chi connectivity index (χ1n) is 6.40. The summed E-state index contributed by atoms with van der Waals surface area (Å²) in [6, 6.07) is 11.4. The van der Waals surface area contributed by atoms with Gasteiger partial charge in [0.2, 0.25) is 0 Å². The fourth-order valence-electron chi connectivity index (χ4n) is 2.39. The van der Waals surface area contributed by atoms with Gasteiger partial charge in [-0.15, -0.1) is 11.3 Å². The molecule has 0 radical (unpaired) electrons. The maximum Gasteiger partial charge on any atom is 0.0456 e. The van der Waals surface area contributed by atoms with Gasteiger partial charge < -0.3 is 5.32 Å². The van der Waals surface area contributed by atoms with Crippen LogP contribution < -0.4 is 5.32 Å². The summed E-state index contributed by atoms with van der Waals surface area (Å²) in [7, 11) is 2.05. The van der Waals surface area contributed by atoms with Crippen molar-refractivity contribution in [1.82, 2.24) is 5.32 Å². The molecule has 1 N–H and O–H groups in total. The lowest BCUT2D eigenvalue weighted by molar-refractivity contribution is 0.598. The highest BCUT2D eigenvalue weighted by atomic mass is 32.1. The Kier molecular flexibility index (Phi) is 4.20. The lowest BCUT2D eigenvalue weighted by Gasteiger charge is -2.17. The molecule has 1 aromatic heterocycles. The zero-order valence-corrected chi connectivity index (χ0v) is 12.4. The number of hydrogen-bond acceptors (Lipinski definition) is 2. The molecule has 96 valence electrons. The molecule has 1 nitrogen and oxygen atoms in total. The molecule has 0 fully saturated rings. The predicted octanol–water partition coefficient (Wildman–Crippen LogP) is 4.18. The van der Waals surface area contributed by atoms with E-state index in [2.05, 4.69) is 63.5 Å². The van der Waals surface area contributed by atoms with Crippen LogP contribution in [-0.2, 0) is 6.42 Å². The van der Waals surface area contributed by atoms with Gasteiger partial charge in [0.1, 0.15) is 0 Å². The fourth-order valence-corrected chi connectivity index (χ4v) is 3.54. The highest BCUT2D eigenvalue weighted by Crippen LogP contribution is 2.30. The van der Waals surface area contributed by atoms with E-state index in [-0.39, 0.29) is 0 Å². The average Bonchev–Trinajstić information content (AvgIpc) is 2.67. The molecule has 0 aliphatic heterocycles. The third-order valence-corrected chi connectivity index (χ3v) is 4.70. The Morgan fingerprint density at radius 3 is 2.39 bits per heavy atom. The van der Waals surface area contributed by atoms with Crippen molar-refractivity contribution in [3.8, 4) is 0 Å². The number of aryl methyl sites for hydroxylation is 3. The van der Waals surface area contributed by atoms with E-state index >= 15 is 0 Å². The van der Waals surface area contributed by atoms with Crippen molar-refractivity contribution in [3.05, 3.63) is 56.8 Å².